The largest absolute Gasteiger partial charge is 0.345 e. The van der Waals surface area contributed by atoms with Crippen molar-refractivity contribution in [2.24, 2.45) is 0 Å². The first-order valence-electron chi connectivity index (χ1n) is 6.95. The first kappa shape index (κ1) is 17.8. The molecule has 0 spiro atoms. The topological polar surface area (TPSA) is 54.9 Å². The van der Waals surface area contributed by atoms with E-state index in [1.54, 1.807) is 30.6 Å². The van der Waals surface area contributed by atoms with Gasteiger partial charge < -0.3 is 5.32 Å². The molecule has 1 amide bonds. The van der Waals surface area contributed by atoms with Gasteiger partial charge in [-0.2, -0.15) is 0 Å². The van der Waals surface area contributed by atoms with E-state index in [4.69, 9.17) is 0 Å². The van der Waals surface area contributed by atoms with Crippen molar-refractivity contribution in [1.29, 1.82) is 0 Å². The lowest BCUT2D eigenvalue weighted by Gasteiger charge is -2.03. The third-order valence-electron chi connectivity index (χ3n) is 2.05. The maximum Gasteiger partial charge on any atom is 0.270 e. The number of carbonyl (C=O) groups is 1. The Bertz CT molecular complexity index is 458. The number of nitrogens with zero attached hydrogens (tertiary/aromatic N) is 2. The Morgan fingerprint density at radius 3 is 2.05 bits per heavy atom. The second-order valence-electron chi connectivity index (χ2n) is 3.22. The van der Waals surface area contributed by atoms with Crippen LogP contribution in [0.3, 0.4) is 0 Å². The smallest absolute Gasteiger partial charge is 0.270 e. The van der Waals surface area contributed by atoms with E-state index >= 15 is 0 Å². The molecule has 4 heteroatoms. The standard InChI is InChI=1S/C12H11N3O.2C2H6/c16-12(11-6-2-4-8-14-11)15-9-10-5-1-3-7-13-10;2*1-2/h1-8H,9H2,(H,15,16);2*1-2H3. The fraction of sp³-hybridized carbons (Fsp3) is 0.312. The molecule has 0 atom stereocenters. The Kier molecular flexibility index (Phi) is 10.5. The van der Waals surface area contributed by atoms with Crippen LogP contribution in [0.5, 0.6) is 0 Å². The van der Waals surface area contributed by atoms with E-state index in [0.29, 0.717) is 12.2 Å². The maximum atomic E-state index is 11.6. The molecule has 0 saturated heterocycles. The number of amides is 1. The highest BCUT2D eigenvalue weighted by Crippen LogP contribution is 1.96. The van der Waals surface area contributed by atoms with Crippen molar-refractivity contribution in [2.45, 2.75) is 34.2 Å². The second-order valence-corrected chi connectivity index (χ2v) is 3.22. The number of hydrogen-bond donors (Lipinski definition) is 1. The van der Waals surface area contributed by atoms with Gasteiger partial charge in [0.1, 0.15) is 5.69 Å². The van der Waals surface area contributed by atoms with Gasteiger partial charge in [0.2, 0.25) is 0 Å². The minimum Gasteiger partial charge on any atom is -0.345 e. The first-order valence-corrected chi connectivity index (χ1v) is 6.95. The third kappa shape index (κ3) is 6.64. The molecule has 0 aromatic carbocycles. The molecule has 108 valence electrons. The Hall–Kier alpha value is -2.23. The zero-order valence-electron chi connectivity index (χ0n) is 12.6. The molecule has 0 saturated carbocycles. The van der Waals surface area contributed by atoms with Crippen molar-refractivity contribution in [3.8, 4) is 0 Å². The van der Waals surface area contributed by atoms with Crippen molar-refractivity contribution < 1.29 is 4.79 Å². The molecule has 0 aliphatic heterocycles. The Morgan fingerprint density at radius 2 is 1.55 bits per heavy atom. The Labute approximate surface area is 121 Å². The SMILES string of the molecule is CC.CC.O=C(NCc1ccccn1)c1ccccn1. The monoisotopic (exact) mass is 273 g/mol. The van der Waals surface area contributed by atoms with Crippen LogP contribution in [0.15, 0.2) is 48.8 Å². The second kappa shape index (κ2) is 11.8. The van der Waals surface area contributed by atoms with Crippen LogP contribution in [0.2, 0.25) is 0 Å². The summed E-state index contributed by atoms with van der Waals surface area (Å²) in [6, 6.07) is 10.8. The zero-order chi connectivity index (χ0) is 15.2. The fourth-order valence-electron chi connectivity index (χ4n) is 1.26. The molecular formula is C16H23N3O. The van der Waals surface area contributed by atoms with E-state index in [2.05, 4.69) is 15.3 Å². The molecule has 0 aliphatic rings. The van der Waals surface area contributed by atoms with Crippen LogP contribution in [0.4, 0.5) is 0 Å². The lowest BCUT2D eigenvalue weighted by atomic mass is 10.3. The molecule has 0 radical (unpaired) electrons. The highest BCUT2D eigenvalue weighted by Gasteiger charge is 2.05. The van der Waals surface area contributed by atoms with E-state index in [-0.39, 0.29) is 5.91 Å². The van der Waals surface area contributed by atoms with Crippen LogP contribution >= 0.6 is 0 Å². The summed E-state index contributed by atoms with van der Waals surface area (Å²) in [7, 11) is 0. The summed E-state index contributed by atoms with van der Waals surface area (Å²) < 4.78 is 0. The molecule has 20 heavy (non-hydrogen) atoms. The van der Waals surface area contributed by atoms with E-state index < -0.39 is 0 Å². The van der Waals surface area contributed by atoms with Gasteiger partial charge in [-0.1, -0.05) is 39.8 Å². The van der Waals surface area contributed by atoms with E-state index in [1.807, 2.05) is 45.9 Å². The molecule has 4 nitrogen and oxygen atoms in total. The molecule has 2 rings (SSSR count). The van der Waals surface area contributed by atoms with Crippen LogP contribution in [0, 0.1) is 0 Å². The van der Waals surface area contributed by atoms with Gasteiger partial charge in [0.05, 0.1) is 12.2 Å². The summed E-state index contributed by atoms with van der Waals surface area (Å²) in [6.07, 6.45) is 3.29. The van der Waals surface area contributed by atoms with Crippen LogP contribution in [-0.2, 0) is 6.54 Å². The summed E-state index contributed by atoms with van der Waals surface area (Å²) in [5.74, 6) is -0.189. The molecule has 2 aromatic heterocycles. The summed E-state index contributed by atoms with van der Waals surface area (Å²) in [4.78, 5) is 19.7. The average molecular weight is 273 g/mol. The lowest BCUT2D eigenvalue weighted by Crippen LogP contribution is -2.24. The first-order chi connectivity index (χ1) is 9.86. The number of nitrogens with one attached hydrogen (secondary N) is 1. The minimum absolute atomic E-state index is 0.189. The highest BCUT2D eigenvalue weighted by molar-refractivity contribution is 5.92. The maximum absolute atomic E-state index is 11.6. The molecular weight excluding hydrogens is 250 g/mol. The van der Waals surface area contributed by atoms with E-state index in [1.165, 1.54) is 0 Å². The predicted octanol–water partition coefficient (Wildman–Crippen LogP) is 3.46. The molecule has 0 unspecified atom stereocenters. The third-order valence-corrected chi connectivity index (χ3v) is 2.05. The number of rotatable bonds is 3. The molecule has 2 aromatic rings. The van der Waals surface area contributed by atoms with Gasteiger partial charge in [0, 0.05) is 12.4 Å². The van der Waals surface area contributed by atoms with Gasteiger partial charge in [0.25, 0.3) is 5.91 Å². The number of aromatic nitrogens is 2. The summed E-state index contributed by atoms with van der Waals surface area (Å²) in [5, 5.41) is 2.75. The fourth-order valence-corrected chi connectivity index (χ4v) is 1.26. The number of carbonyl (C=O) groups excluding carboxylic acids is 1. The Morgan fingerprint density at radius 1 is 0.950 bits per heavy atom. The lowest BCUT2D eigenvalue weighted by molar-refractivity contribution is 0.0945. The van der Waals surface area contributed by atoms with Gasteiger partial charge >= 0.3 is 0 Å². The van der Waals surface area contributed by atoms with Crippen LogP contribution in [0.1, 0.15) is 43.9 Å². The van der Waals surface area contributed by atoms with Gasteiger partial charge in [0.15, 0.2) is 0 Å². The van der Waals surface area contributed by atoms with Gasteiger partial charge in [-0.3, -0.25) is 14.8 Å². The van der Waals surface area contributed by atoms with Crippen LogP contribution < -0.4 is 5.32 Å². The van der Waals surface area contributed by atoms with Gasteiger partial charge in [-0.05, 0) is 24.3 Å². The van der Waals surface area contributed by atoms with Gasteiger partial charge in [-0.15, -0.1) is 0 Å². The van der Waals surface area contributed by atoms with Crippen molar-refractivity contribution >= 4 is 5.91 Å². The van der Waals surface area contributed by atoms with Crippen molar-refractivity contribution in [2.75, 3.05) is 0 Å². The normalized spacial score (nSPS) is 8.40. The van der Waals surface area contributed by atoms with Crippen LogP contribution in [0.25, 0.3) is 0 Å². The van der Waals surface area contributed by atoms with Crippen LogP contribution in [-0.4, -0.2) is 15.9 Å². The quantitative estimate of drug-likeness (QED) is 0.931. The van der Waals surface area contributed by atoms with E-state index in [9.17, 15) is 4.79 Å². The van der Waals surface area contributed by atoms with Gasteiger partial charge in [-0.25, -0.2) is 0 Å². The average Bonchev–Trinajstić information content (AvgIpc) is 2.58. The molecule has 0 bridgehead atoms. The summed E-state index contributed by atoms with van der Waals surface area (Å²) in [6.45, 7) is 8.41. The zero-order valence-corrected chi connectivity index (χ0v) is 12.6. The van der Waals surface area contributed by atoms with E-state index in [0.717, 1.165) is 5.69 Å². The Balaban J connectivity index is 0.000000829. The molecule has 0 aliphatic carbocycles. The molecule has 2 heterocycles. The van der Waals surface area contributed by atoms with Crippen molar-refractivity contribution in [3.05, 3.63) is 60.2 Å². The predicted molar refractivity (Wildman–Crippen MR) is 82.3 cm³/mol. The van der Waals surface area contributed by atoms with Crippen molar-refractivity contribution in [3.63, 3.8) is 0 Å². The number of pyridine rings is 2. The molecule has 1 N–H and O–H groups in total. The summed E-state index contributed by atoms with van der Waals surface area (Å²) >= 11 is 0. The van der Waals surface area contributed by atoms with Crippen molar-refractivity contribution in [1.82, 2.24) is 15.3 Å². The highest BCUT2D eigenvalue weighted by atomic mass is 16.1. The molecule has 0 fully saturated rings. The summed E-state index contributed by atoms with van der Waals surface area (Å²) in [5.41, 5.74) is 1.24. The minimum atomic E-state index is -0.189. The number of hydrogen-bond acceptors (Lipinski definition) is 3.